The SMILES string of the molecule is Cc1nnc(S/C(=C/c2ccc(N(C)C)c(Br)c2)C(=O)O)o1. The molecule has 0 aliphatic carbocycles. The van der Waals surface area contributed by atoms with E-state index < -0.39 is 5.97 Å². The third-order valence-corrected chi connectivity index (χ3v) is 4.15. The summed E-state index contributed by atoms with van der Waals surface area (Å²) in [5, 5.41) is 17.0. The summed E-state index contributed by atoms with van der Waals surface area (Å²) in [6, 6.07) is 5.62. The van der Waals surface area contributed by atoms with E-state index in [1.165, 1.54) is 0 Å². The lowest BCUT2D eigenvalue weighted by Crippen LogP contribution is -2.09. The number of aliphatic carboxylic acids is 1. The van der Waals surface area contributed by atoms with Crippen molar-refractivity contribution < 1.29 is 14.3 Å². The Morgan fingerprint density at radius 1 is 1.41 bits per heavy atom. The summed E-state index contributed by atoms with van der Waals surface area (Å²) in [6.45, 7) is 1.65. The van der Waals surface area contributed by atoms with E-state index in [-0.39, 0.29) is 10.1 Å². The quantitative estimate of drug-likeness (QED) is 0.625. The molecule has 22 heavy (non-hydrogen) atoms. The van der Waals surface area contributed by atoms with Gasteiger partial charge in [-0.15, -0.1) is 10.2 Å². The van der Waals surface area contributed by atoms with Gasteiger partial charge in [-0.2, -0.15) is 0 Å². The summed E-state index contributed by atoms with van der Waals surface area (Å²) in [4.78, 5) is 13.4. The van der Waals surface area contributed by atoms with E-state index in [1.54, 1.807) is 13.0 Å². The number of aryl methyl sites for hydroxylation is 1. The summed E-state index contributed by atoms with van der Waals surface area (Å²) in [5.74, 6) is -0.654. The molecule has 0 amide bonds. The van der Waals surface area contributed by atoms with E-state index in [1.807, 2.05) is 37.2 Å². The maximum Gasteiger partial charge on any atom is 0.342 e. The number of benzene rings is 1. The summed E-state index contributed by atoms with van der Waals surface area (Å²) < 4.78 is 6.08. The van der Waals surface area contributed by atoms with Gasteiger partial charge in [-0.1, -0.05) is 6.07 Å². The summed E-state index contributed by atoms with van der Waals surface area (Å²) in [5.41, 5.74) is 1.77. The maximum atomic E-state index is 11.4. The van der Waals surface area contributed by atoms with Crippen LogP contribution in [0.15, 0.2) is 37.2 Å². The van der Waals surface area contributed by atoms with Crippen LogP contribution in [0.3, 0.4) is 0 Å². The third-order valence-electron chi connectivity index (χ3n) is 2.67. The third kappa shape index (κ3) is 4.11. The van der Waals surface area contributed by atoms with Gasteiger partial charge in [-0.25, -0.2) is 4.79 Å². The highest BCUT2D eigenvalue weighted by Gasteiger charge is 2.14. The molecule has 0 aliphatic rings. The summed E-state index contributed by atoms with van der Waals surface area (Å²) in [6.07, 6.45) is 1.57. The van der Waals surface area contributed by atoms with Gasteiger partial charge in [-0.05, 0) is 51.5 Å². The fourth-order valence-corrected chi connectivity index (χ4v) is 3.14. The van der Waals surface area contributed by atoms with Crippen molar-refractivity contribution in [2.24, 2.45) is 0 Å². The number of rotatable bonds is 5. The van der Waals surface area contributed by atoms with E-state index in [4.69, 9.17) is 4.42 Å². The van der Waals surface area contributed by atoms with Crippen LogP contribution >= 0.6 is 27.7 Å². The second kappa shape index (κ2) is 6.97. The molecule has 0 atom stereocenters. The first kappa shape index (κ1) is 16.6. The molecule has 0 saturated heterocycles. The molecule has 0 saturated carbocycles. The molecule has 0 spiro atoms. The molecular weight excluding hydrogens is 370 g/mol. The van der Waals surface area contributed by atoms with Gasteiger partial charge in [0.1, 0.15) is 4.91 Å². The number of halogens is 1. The Bertz CT molecular complexity index is 728. The first-order chi connectivity index (χ1) is 10.4. The van der Waals surface area contributed by atoms with Crippen LogP contribution < -0.4 is 4.90 Å². The van der Waals surface area contributed by atoms with Crippen LogP contribution in [0, 0.1) is 6.92 Å². The fraction of sp³-hybridized carbons (Fsp3) is 0.214. The molecule has 2 aromatic rings. The van der Waals surface area contributed by atoms with Gasteiger partial charge in [0.05, 0.1) is 5.69 Å². The molecule has 0 aliphatic heterocycles. The molecule has 0 radical (unpaired) electrons. The zero-order valence-electron chi connectivity index (χ0n) is 12.2. The van der Waals surface area contributed by atoms with Gasteiger partial charge in [0.15, 0.2) is 0 Å². The van der Waals surface area contributed by atoms with Crippen molar-refractivity contribution in [1.29, 1.82) is 0 Å². The number of hydrogen-bond donors (Lipinski definition) is 1. The summed E-state index contributed by atoms with van der Waals surface area (Å²) in [7, 11) is 3.87. The van der Waals surface area contributed by atoms with E-state index in [2.05, 4.69) is 26.1 Å². The highest BCUT2D eigenvalue weighted by atomic mass is 79.9. The first-order valence-corrected chi connectivity index (χ1v) is 7.87. The minimum absolute atomic E-state index is 0.105. The van der Waals surface area contributed by atoms with Crippen molar-refractivity contribution in [2.45, 2.75) is 12.1 Å². The Kier molecular flexibility index (Phi) is 5.25. The molecule has 116 valence electrons. The van der Waals surface area contributed by atoms with E-state index in [0.717, 1.165) is 27.5 Å². The molecule has 8 heteroatoms. The lowest BCUT2D eigenvalue weighted by Gasteiger charge is -2.14. The van der Waals surface area contributed by atoms with Crippen molar-refractivity contribution in [3.05, 3.63) is 39.0 Å². The Morgan fingerprint density at radius 3 is 2.64 bits per heavy atom. The zero-order valence-corrected chi connectivity index (χ0v) is 14.6. The second-order valence-electron chi connectivity index (χ2n) is 4.61. The molecule has 1 aromatic carbocycles. The number of carbonyl (C=O) groups is 1. The number of anilines is 1. The molecule has 2 rings (SSSR count). The molecular formula is C14H14BrN3O3S. The Morgan fingerprint density at radius 2 is 2.14 bits per heavy atom. The Hall–Kier alpha value is -1.80. The Labute approximate surface area is 140 Å². The predicted octanol–water partition coefficient (Wildman–Crippen LogP) is 3.42. The van der Waals surface area contributed by atoms with Gasteiger partial charge in [0.2, 0.25) is 5.89 Å². The molecule has 0 bridgehead atoms. The van der Waals surface area contributed by atoms with Crippen molar-refractivity contribution in [3.63, 3.8) is 0 Å². The second-order valence-corrected chi connectivity index (χ2v) is 6.46. The highest BCUT2D eigenvalue weighted by molar-refractivity contribution is 9.10. The minimum Gasteiger partial charge on any atom is -0.477 e. The van der Waals surface area contributed by atoms with Crippen LogP contribution in [-0.4, -0.2) is 35.4 Å². The summed E-state index contributed by atoms with van der Waals surface area (Å²) >= 11 is 4.40. The number of aromatic nitrogens is 2. The molecule has 1 heterocycles. The maximum absolute atomic E-state index is 11.4. The van der Waals surface area contributed by atoms with Gasteiger partial charge >= 0.3 is 5.97 Å². The lowest BCUT2D eigenvalue weighted by molar-refractivity contribution is -0.131. The number of thioether (sulfide) groups is 1. The largest absolute Gasteiger partial charge is 0.477 e. The van der Waals surface area contributed by atoms with E-state index in [0.29, 0.717) is 5.89 Å². The van der Waals surface area contributed by atoms with Crippen LogP contribution in [0.25, 0.3) is 6.08 Å². The van der Waals surface area contributed by atoms with Crippen molar-refractivity contribution in [1.82, 2.24) is 10.2 Å². The van der Waals surface area contributed by atoms with Crippen molar-refractivity contribution in [3.8, 4) is 0 Å². The minimum atomic E-state index is -1.05. The van der Waals surface area contributed by atoms with E-state index in [9.17, 15) is 9.90 Å². The molecule has 6 nitrogen and oxygen atoms in total. The monoisotopic (exact) mass is 383 g/mol. The van der Waals surface area contributed by atoms with Gasteiger partial charge in [0.25, 0.3) is 5.22 Å². The van der Waals surface area contributed by atoms with Gasteiger partial charge in [0, 0.05) is 25.5 Å². The standard InChI is InChI=1S/C14H14BrN3O3S/c1-8-16-17-14(21-8)22-12(13(19)20)7-9-4-5-11(18(2)3)10(15)6-9/h4-7H,1-3H3,(H,19,20)/b12-7+. The number of carboxylic acid groups (broad SMARTS) is 1. The zero-order chi connectivity index (χ0) is 16.3. The smallest absolute Gasteiger partial charge is 0.342 e. The van der Waals surface area contributed by atoms with E-state index >= 15 is 0 Å². The number of hydrogen-bond acceptors (Lipinski definition) is 6. The highest BCUT2D eigenvalue weighted by Crippen LogP contribution is 2.30. The number of carboxylic acids is 1. The van der Waals surface area contributed by atoms with Crippen LogP contribution in [0.5, 0.6) is 0 Å². The topological polar surface area (TPSA) is 79.5 Å². The fourth-order valence-electron chi connectivity index (χ4n) is 1.68. The average Bonchev–Trinajstić information content (AvgIpc) is 2.83. The van der Waals surface area contributed by atoms with Crippen molar-refractivity contribution in [2.75, 3.05) is 19.0 Å². The van der Waals surface area contributed by atoms with Gasteiger partial charge in [-0.3, -0.25) is 0 Å². The predicted molar refractivity (Wildman–Crippen MR) is 89.0 cm³/mol. The lowest BCUT2D eigenvalue weighted by atomic mass is 10.2. The van der Waals surface area contributed by atoms with Gasteiger partial charge < -0.3 is 14.4 Å². The van der Waals surface area contributed by atoms with Crippen LogP contribution in [0.2, 0.25) is 0 Å². The molecule has 0 fully saturated rings. The molecule has 1 aromatic heterocycles. The normalized spacial score (nSPS) is 11.5. The Balaban J connectivity index is 2.30. The first-order valence-electron chi connectivity index (χ1n) is 6.26. The van der Waals surface area contributed by atoms with Crippen molar-refractivity contribution >= 4 is 45.4 Å². The molecule has 1 N–H and O–H groups in total. The van der Waals surface area contributed by atoms with Crippen LogP contribution in [0.4, 0.5) is 5.69 Å². The van der Waals surface area contributed by atoms with Crippen LogP contribution in [-0.2, 0) is 4.79 Å². The number of nitrogens with zero attached hydrogens (tertiary/aromatic N) is 3. The van der Waals surface area contributed by atoms with Crippen LogP contribution in [0.1, 0.15) is 11.5 Å². The average molecular weight is 384 g/mol. The molecule has 0 unspecified atom stereocenters.